The van der Waals surface area contributed by atoms with E-state index in [1.165, 1.54) is 35.9 Å². The number of hydrogen-bond donors (Lipinski definition) is 0. The summed E-state index contributed by atoms with van der Waals surface area (Å²) in [6.07, 6.45) is 2.08. The van der Waals surface area contributed by atoms with E-state index in [9.17, 15) is 9.18 Å². The van der Waals surface area contributed by atoms with Crippen LogP contribution in [0.4, 0.5) is 10.1 Å². The molecule has 0 unspecified atom stereocenters. The Kier molecular flexibility index (Phi) is 4.60. The Morgan fingerprint density at radius 1 is 1.17 bits per heavy atom. The summed E-state index contributed by atoms with van der Waals surface area (Å²) in [5, 5.41) is 0. The van der Waals surface area contributed by atoms with Crippen LogP contribution in [0.5, 0.6) is 0 Å². The summed E-state index contributed by atoms with van der Waals surface area (Å²) in [6, 6.07) is 13.1. The Morgan fingerprint density at radius 3 is 2.70 bits per heavy atom. The second-order valence-corrected chi connectivity index (χ2v) is 5.83. The van der Waals surface area contributed by atoms with Crippen molar-refractivity contribution in [1.29, 1.82) is 0 Å². The Labute approximate surface area is 135 Å². The molecule has 2 aromatic carbocycles. The molecule has 1 heterocycles. The molecular formula is C19H20FNO2. The third kappa shape index (κ3) is 3.70. The van der Waals surface area contributed by atoms with E-state index in [1.54, 1.807) is 0 Å². The van der Waals surface area contributed by atoms with E-state index in [4.69, 9.17) is 0 Å². The zero-order chi connectivity index (χ0) is 16.2. The first-order valence-corrected chi connectivity index (χ1v) is 7.84. The number of methoxy groups -OCH3 is 1. The van der Waals surface area contributed by atoms with Crippen LogP contribution in [0.3, 0.4) is 0 Å². The highest BCUT2D eigenvalue weighted by Gasteiger charge is 2.17. The van der Waals surface area contributed by atoms with Gasteiger partial charge in [-0.2, -0.15) is 0 Å². The highest BCUT2D eigenvalue weighted by atomic mass is 19.1. The summed E-state index contributed by atoms with van der Waals surface area (Å²) in [7, 11) is 1.42. The number of fused-ring (bicyclic) bond motifs is 1. The van der Waals surface area contributed by atoms with Crippen molar-refractivity contribution < 1.29 is 13.9 Å². The first-order chi connectivity index (χ1) is 11.2. The highest BCUT2D eigenvalue weighted by molar-refractivity contribution is 5.69. The van der Waals surface area contributed by atoms with Crippen LogP contribution in [0.2, 0.25) is 0 Å². The van der Waals surface area contributed by atoms with Gasteiger partial charge in [0, 0.05) is 25.2 Å². The SMILES string of the molecule is COC(=O)CCc1ccc2c(c1)CCN(c1ccc(F)cc1)C2. The number of ether oxygens (including phenoxy) is 1. The van der Waals surface area contributed by atoms with Gasteiger partial charge in [-0.25, -0.2) is 4.39 Å². The second kappa shape index (κ2) is 6.82. The predicted molar refractivity (Wildman–Crippen MR) is 87.9 cm³/mol. The van der Waals surface area contributed by atoms with Crippen molar-refractivity contribution in [2.75, 3.05) is 18.6 Å². The maximum Gasteiger partial charge on any atom is 0.305 e. The van der Waals surface area contributed by atoms with Gasteiger partial charge < -0.3 is 9.64 Å². The fourth-order valence-electron chi connectivity index (χ4n) is 2.98. The smallest absolute Gasteiger partial charge is 0.305 e. The second-order valence-electron chi connectivity index (χ2n) is 5.83. The molecule has 120 valence electrons. The van der Waals surface area contributed by atoms with Crippen molar-refractivity contribution in [1.82, 2.24) is 0 Å². The molecule has 0 aliphatic carbocycles. The van der Waals surface area contributed by atoms with Gasteiger partial charge in [0.05, 0.1) is 7.11 Å². The molecule has 0 spiro atoms. The first-order valence-electron chi connectivity index (χ1n) is 7.84. The molecule has 0 bridgehead atoms. The molecule has 3 nitrogen and oxygen atoms in total. The Morgan fingerprint density at radius 2 is 1.96 bits per heavy atom. The van der Waals surface area contributed by atoms with Gasteiger partial charge >= 0.3 is 5.97 Å². The van der Waals surface area contributed by atoms with Crippen LogP contribution in [0.15, 0.2) is 42.5 Å². The molecule has 3 rings (SSSR count). The average molecular weight is 313 g/mol. The number of aryl methyl sites for hydroxylation is 1. The minimum absolute atomic E-state index is 0.176. The van der Waals surface area contributed by atoms with Crippen molar-refractivity contribution >= 4 is 11.7 Å². The Hall–Kier alpha value is -2.36. The number of benzene rings is 2. The summed E-state index contributed by atoms with van der Waals surface area (Å²) in [5.41, 5.74) is 4.85. The number of hydrogen-bond acceptors (Lipinski definition) is 3. The lowest BCUT2D eigenvalue weighted by Crippen LogP contribution is -2.30. The third-order valence-electron chi connectivity index (χ3n) is 4.32. The molecule has 0 N–H and O–H groups in total. The largest absolute Gasteiger partial charge is 0.469 e. The van der Waals surface area contributed by atoms with Gasteiger partial charge in [-0.15, -0.1) is 0 Å². The van der Waals surface area contributed by atoms with Gasteiger partial charge in [-0.1, -0.05) is 18.2 Å². The van der Waals surface area contributed by atoms with Crippen LogP contribution >= 0.6 is 0 Å². The van der Waals surface area contributed by atoms with Gasteiger partial charge in [0.25, 0.3) is 0 Å². The van der Waals surface area contributed by atoms with Crippen molar-refractivity contribution in [2.24, 2.45) is 0 Å². The number of nitrogens with zero attached hydrogens (tertiary/aromatic N) is 1. The van der Waals surface area contributed by atoms with Gasteiger partial charge in [0.2, 0.25) is 0 Å². The Balaban J connectivity index is 1.69. The predicted octanol–water partition coefficient (Wildman–Crippen LogP) is 3.49. The van der Waals surface area contributed by atoms with Crippen molar-refractivity contribution in [2.45, 2.75) is 25.8 Å². The van der Waals surface area contributed by atoms with Crippen molar-refractivity contribution in [3.8, 4) is 0 Å². The minimum atomic E-state index is -0.207. The zero-order valence-electron chi connectivity index (χ0n) is 13.2. The fraction of sp³-hybridized carbons (Fsp3) is 0.316. The van der Waals surface area contributed by atoms with Gasteiger partial charge in [-0.05, 0) is 53.8 Å². The molecule has 2 aromatic rings. The third-order valence-corrected chi connectivity index (χ3v) is 4.32. The number of carbonyl (C=O) groups excluding carboxylic acids is 1. The topological polar surface area (TPSA) is 29.5 Å². The van der Waals surface area contributed by atoms with E-state index in [1.807, 2.05) is 12.1 Å². The van der Waals surface area contributed by atoms with E-state index in [0.717, 1.165) is 25.2 Å². The standard InChI is InChI=1S/C19H20FNO2/c1-23-19(22)9-3-14-2-4-16-13-21(11-10-15(16)12-14)18-7-5-17(20)6-8-18/h2,4-8,12H,3,9-11,13H2,1H3. The molecule has 1 aliphatic rings. The van der Waals surface area contributed by atoms with E-state index in [0.29, 0.717) is 12.8 Å². The maximum absolute atomic E-state index is 13.0. The number of anilines is 1. The van der Waals surface area contributed by atoms with Gasteiger partial charge in [0.15, 0.2) is 0 Å². The first kappa shape index (κ1) is 15.5. The number of esters is 1. The van der Waals surface area contributed by atoms with Gasteiger partial charge in [0.1, 0.15) is 5.82 Å². The zero-order valence-corrected chi connectivity index (χ0v) is 13.2. The monoisotopic (exact) mass is 313 g/mol. The minimum Gasteiger partial charge on any atom is -0.469 e. The lowest BCUT2D eigenvalue weighted by Gasteiger charge is -2.31. The summed E-state index contributed by atoms with van der Waals surface area (Å²) in [5.74, 6) is -0.383. The molecule has 0 saturated carbocycles. The molecule has 0 atom stereocenters. The molecule has 0 saturated heterocycles. The summed E-state index contributed by atoms with van der Waals surface area (Å²) in [6.45, 7) is 1.75. The van der Waals surface area contributed by atoms with Crippen LogP contribution in [0.25, 0.3) is 0 Å². The highest BCUT2D eigenvalue weighted by Crippen LogP contribution is 2.25. The summed E-state index contributed by atoms with van der Waals surface area (Å²) >= 11 is 0. The quantitative estimate of drug-likeness (QED) is 0.809. The number of halogens is 1. The summed E-state index contributed by atoms with van der Waals surface area (Å²) in [4.78, 5) is 13.5. The number of rotatable bonds is 4. The summed E-state index contributed by atoms with van der Waals surface area (Å²) < 4.78 is 17.7. The molecule has 0 radical (unpaired) electrons. The molecule has 1 aliphatic heterocycles. The fourth-order valence-corrected chi connectivity index (χ4v) is 2.98. The average Bonchev–Trinajstić information content (AvgIpc) is 2.59. The molecule has 23 heavy (non-hydrogen) atoms. The van der Waals surface area contributed by atoms with Crippen molar-refractivity contribution in [3.05, 3.63) is 65.0 Å². The Bertz CT molecular complexity index is 697. The maximum atomic E-state index is 13.0. The van der Waals surface area contributed by atoms with Crippen LogP contribution in [-0.2, 0) is 28.9 Å². The van der Waals surface area contributed by atoms with E-state index < -0.39 is 0 Å². The van der Waals surface area contributed by atoms with Gasteiger partial charge in [-0.3, -0.25) is 4.79 Å². The molecule has 0 amide bonds. The lowest BCUT2D eigenvalue weighted by molar-refractivity contribution is -0.140. The van der Waals surface area contributed by atoms with E-state index in [2.05, 4.69) is 27.8 Å². The molecule has 4 heteroatoms. The normalized spacial score (nSPS) is 13.6. The van der Waals surface area contributed by atoms with E-state index in [-0.39, 0.29) is 11.8 Å². The van der Waals surface area contributed by atoms with Crippen LogP contribution in [0, 0.1) is 5.82 Å². The van der Waals surface area contributed by atoms with Crippen LogP contribution in [0.1, 0.15) is 23.1 Å². The molecule has 0 fully saturated rings. The number of carbonyl (C=O) groups is 1. The van der Waals surface area contributed by atoms with E-state index >= 15 is 0 Å². The molecular weight excluding hydrogens is 293 g/mol. The van der Waals surface area contributed by atoms with Crippen molar-refractivity contribution in [3.63, 3.8) is 0 Å². The van der Waals surface area contributed by atoms with Crippen LogP contribution in [-0.4, -0.2) is 19.6 Å². The lowest BCUT2D eigenvalue weighted by atomic mass is 9.95. The van der Waals surface area contributed by atoms with Crippen LogP contribution < -0.4 is 4.90 Å². The molecule has 0 aromatic heterocycles.